The minimum absolute atomic E-state index is 0.329. The highest BCUT2D eigenvalue weighted by Crippen LogP contribution is 2.21. The molecule has 0 unspecified atom stereocenters. The molecule has 0 aliphatic heterocycles. The normalized spacial score (nSPS) is 18.3. The minimum atomic E-state index is 0.329. The maximum absolute atomic E-state index is 10.8. The zero-order valence-electron chi connectivity index (χ0n) is 10.3. The summed E-state index contributed by atoms with van der Waals surface area (Å²) >= 11 is 0. The third-order valence-corrected chi connectivity index (χ3v) is 3.49. The van der Waals surface area contributed by atoms with Crippen LogP contribution in [0.5, 0.6) is 0 Å². The fraction of sp³-hybridized carbons (Fsp3) is 0.923. The van der Waals surface area contributed by atoms with Crippen molar-refractivity contribution in [1.29, 1.82) is 0 Å². The van der Waals surface area contributed by atoms with Crippen LogP contribution in [-0.2, 0) is 4.79 Å². The molecule has 0 aromatic carbocycles. The van der Waals surface area contributed by atoms with Crippen LogP contribution in [-0.4, -0.2) is 30.3 Å². The number of unbranched alkanes of at least 4 members (excludes halogenated alkanes) is 1. The molecule has 0 saturated heterocycles. The Hall–Kier alpha value is -0.370. The summed E-state index contributed by atoms with van der Waals surface area (Å²) in [5.74, 6) is 0.329. The average Bonchev–Trinajstić information content (AvgIpc) is 2.25. The predicted octanol–water partition coefficient (Wildman–Crippen LogP) is 3.01. The molecule has 0 N–H and O–H groups in total. The smallest absolute Gasteiger partial charge is 0.129 e. The molecule has 15 heavy (non-hydrogen) atoms. The largest absolute Gasteiger partial charge is 0.303 e. The summed E-state index contributed by atoms with van der Waals surface area (Å²) in [7, 11) is 2.24. The number of hydrogen-bond acceptors (Lipinski definition) is 2. The minimum Gasteiger partial charge on any atom is -0.303 e. The van der Waals surface area contributed by atoms with Crippen molar-refractivity contribution in [2.45, 2.75) is 64.3 Å². The molecule has 1 aliphatic rings. The first-order chi connectivity index (χ1) is 7.20. The Kier molecular flexibility index (Phi) is 5.92. The second-order valence-corrected chi connectivity index (χ2v) is 4.93. The van der Waals surface area contributed by atoms with E-state index in [4.69, 9.17) is 0 Å². The maximum Gasteiger partial charge on any atom is 0.129 e. The number of carbonyl (C=O) groups excluding carboxylic acids is 1. The average molecular weight is 211 g/mol. The van der Waals surface area contributed by atoms with Gasteiger partial charge in [-0.3, -0.25) is 0 Å². The first-order valence-electron chi connectivity index (χ1n) is 6.40. The molecule has 1 saturated carbocycles. The van der Waals surface area contributed by atoms with Crippen LogP contribution < -0.4 is 0 Å². The molecule has 0 heterocycles. The highest BCUT2D eigenvalue weighted by Gasteiger charge is 2.17. The first-order valence-corrected chi connectivity index (χ1v) is 6.40. The molecule has 1 fully saturated rings. The Morgan fingerprint density at radius 1 is 1.20 bits per heavy atom. The van der Waals surface area contributed by atoms with Crippen LogP contribution in [0.2, 0.25) is 0 Å². The molecule has 2 heteroatoms. The summed E-state index contributed by atoms with van der Waals surface area (Å²) in [5.41, 5.74) is 0. The summed E-state index contributed by atoms with van der Waals surface area (Å²) in [6.45, 7) is 2.85. The summed E-state index contributed by atoms with van der Waals surface area (Å²) < 4.78 is 0. The Labute approximate surface area is 94.0 Å². The number of Topliss-reactive ketones (excluding diaryl/α,β-unsaturated/α-hetero) is 1. The van der Waals surface area contributed by atoms with E-state index in [9.17, 15) is 4.79 Å². The number of hydrogen-bond donors (Lipinski definition) is 0. The van der Waals surface area contributed by atoms with Gasteiger partial charge in [0.2, 0.25) is 0 Å². The van der Waals surface area contributed by atoms with E-state index in [1.807, 2.05) is 0 Å². The van der Waals surface area contributed by atoms with Crippen molar-refractivity contribution in [3.05, 3.63) is 0 Å². The van der Waals surface area contributed by atoms with Crippen LogP contribution in [0.15, 0.2) is 0 Å². The molecule has 1 aliphatic carbocycles. The fourth-order valence-electron chi connectivity index (χ4n) is 2.44. The maximum atomic E-state index is 10.8. The van der Waals surface area contributed by atoms with Gasteiger partial charge in [-0.2, -0.15) is 0 Å². The van der Waals surface area contributed by atoms with Gasteiger partial charge >= 0.3 is 0 Å². The van der Waals surface area contributed by atoms with Crippen molar-refractivity contribution in [3.8, 4) is 0 Å². The molecular formula is C13H25NO. The zero-order chi connectivity index (χ0) is 11.1. The van der Waals surface area contributed by atoms with Gasteiger partial charge in [0, 0.05) is 12.5 Å². The van der Waals surface area contributed by atoms with Gasteiger partial charge in [0.1, 0.15) is 5.78 Å². The molecule has 0 atom stereocenters. The van der Waals surface area contributed by atoms with Gasteiger partial charge in [-0.15, -0.1) is 0 Å². The van der Waals surface area contributed by atoms with Gasteiger partial charge in [0.25, 0.3) is 0 Å². The van der Waals surface area contributed by atoms with Gasteiger partial charge in [-0.25, -0.2) is 0 Å². The van der Waals surface area contributed by atoms with E-state index in [-0.39, 0.29) is 0 Å². The van der Waals surface area contributed by atoms with E-state index >= 15 is 0 Å². The molecule has 2 nitrogen and oxygen atoms in total. The van der Waals surface area contributed by atoms with Gasteiger partial charge in [0.05, 0.1) is 0 Å². The van der Waals surface area contributed by atoms with Crippen molar-refractivity contribution in [3.63, 3.8) is 0 Å². The zero-order valence-corrected chi connectivity index (χ0v) is 10.3. The van der Waals surface area contributed by atoms with Crippen LogP contribution in [0.4, 0.5) is 0 Å². The molecule has 0 bridgehead atoms. The quantitative estimate of drug-likeness (QED) is 0.629. The summed E-state index contributed by atoms with van der Waals surface area (Å²) in [4.78, 5) is 13.3. The monoisotopic (exact) mass is 211 g/mol. The van der Waals surface area contributed by atoms with E-state index in [1.54, 1.807) is 6.92 Å². The van der Waals surface area contributed by atoms with Crippen LogP contribution in [0.25, 0.3) is 0 Å². The summed E-state index contributed by atoms with van der Waals surface area (Å²) in [6.07, 6.45) is 9.99. The highest BCUT2D eigenvalue weighted by atomic mass is 16.1. The topological polar surface area (TPSA) is 20.3 Å². The van der Waals surface area contributed by atoms with E-state index in [2.05, 4.69) is 11.9 Å². The van der Waals surface area contributed by atoms with E-state index in [0.29, 0.717) is 5.78 Å². The third kappa shape index (κ3) is 5.31. The van der Waals surface area contributed by atoms with Crippen LogP contribution in [0.1, 0.15) is 58.3 Å². The molecule has 88 valence electrons. The van der Waals surface area contributed by atoms with Crippen molar-refractivity contribution >= 4 is 5.78 Å². The lowest BCUT2D eigenvalue weighted by atomic mass is 9.94. The molecule has 0 amide bonds. The number of carbonyl (C=O) groups is 1. The fourth-order valence-corrected chi connectivity index (χ4v) is 2.44. The molecular weight excluding hydrogens is 186 g/mol. The first kappa shape index (κ1) is 12.7. The van der Waals surface area contributed by atoms with E-state index in [1.165, 1.54) is 38.5 Å². The van der Waals surface area contributed by atoms with Crippen molar-refractivity contribution in [2.24, 2.45) is 0 Å². The van der Waals surface area contributed by atoms with Gasteiger partial charge < -0.3 is 9.69 Å². The number of rotatable bonds is 6. The van der Waals surface area contributed by atoms with E-state index in [0.717, 1.165) is 25.4 Å². The SMILES string of the molecule is CC(=O)CCCCN(C)C1CCCCC1. The number of ketones is 1. The highest BCUT2D eigenvalue weighted by molar-refractivity contribution is 5.75. The van der Waals surface area contributed by atoms with Crippen LogP contribution in [0.3, 0.4) is 0 Å². The molecule has 0 aromatic rings. The van der Waals surface area contributed by atoms with Crippen LogP contribution in [0, 0.1) is 0 Å². The Morgan fingerprint density at radius 2 is 1.87 bits per heavy atom. The Balaban J connectivity index is 2.06. The van der Waals surface area contributed by atoms with Crippen molar-refractivity contribution < 1.29 is 4.79 Å². The lowest BCUT2D eigenvalue weighted by molar-refractivity contribution is -0.117. The number of nitrogens with zero attached hydrogens (tertiary/aromatic N) is 1. The lowest BCUT2D eigenvalue weighted by Crippen LogP contribution is -2.34. The Morgan fingerprint density at radius 3 is 2.47 bits per heavy atom. The molecule has 0 aromatic heterocycles. The van der Waals surface area contributed by atoms with Crippen LogP contribution >= 0.6 is 0 Å². The van der Waals surface area contributed by atoms with Crippen molar-refractivity contribution in [1.82, 2.24) is 4.90 Å². The van der Waals surface area contributed by atoms with E-state index < -0.39 is 0 Å². The summed E-state index contributed by atoms with van der Waals surface area (Å²) in [5, 5.41) is 0. The van der Waals surface area contributed by atoms with Gasteiger partial charge in [-0.05, 0) is 46.2 Å². The standard InChI is InChI=1S/C13H25NO/c1-12(15)8-6-7-11-14(2)13-9-4-3-5-10-13/h13H,3-11H2,1-2H3. The molecule has 1 rings (SSSR count). The van der Waals surface area contributed by atoms with Gasteiger partial charge in [-0.1, -0.05) is 19.3 Å². The van der Waals surface area contributed by atoms with Crippen molar-refractivity contribution in [2.75, 3.05) is 13.6 Å². The predicted molar refractivity (Wildman–Crippen MR) is 64.0 cm³/mol. The molecule has 0 radical (unpaired) electrons. The Bertz CT molecular complexity index is 185. The lowest BCUT2D eigenvalue weighted by Gasteiger charge is -2.31. The van der Waals surface area contributed by atoms with Gasteiger partial charge in [0.15, 0.2) is 0 Å². The third-order valence-electron chi connectivity index (χ3n) is 3.49. The summed E-state index contributed by atoms with van der Waals surface area (Å²) in [6, 6.07) is 0.816. The second-order valence-electron chi connectivity index (χ2n) is 4.93. The molecule has 0 spiro atoms. The second kappa shape index (κ2) is 7.00.